The molecular weight excluding hydrogens is 204 g/mol. The van der Waals surface area contributed by atoms with Crippen LogP contribution in [-0.4, -0.2) is 17.3 Å². The quantitative estimate of drug-likeness (QED) is 0.575. The van der Waals surface area contributed by atoms with Gasteiger partial charge in [0.05, 0.1) is 0 Å². The molecule has 92 valence electrons. The van der Waals surface area contributed by atoms with Crippen LogP contribution in [0.5, 0.6) is 0 Å². The Balaban J connectivity index is 3.43. The monoisotopic (exact) mass is 226 g/mol. The highest BCUT2D eigenvalue weighted by Crippen LogP contribution is 2.06. The maximum Gasteiger partial charge on any atom is 0.132 e. The van der Waals surface area contributed by atoms with Crippen LogP contribution in [0.25, 0.3) is 0 Å². The van der Waals surface area contributed by atoms with E-state index in [1.807, 2.05) is 6.92 Å². The summed E-state index contributed by atoms with van der Waals surface area (Å²) in [5.41, 5.74) is 0. The highest BCUT2D eigenvalue weighted by atomic mass is 16.1. The van der Waals surface area contributed by atoms with E-state index >= 15 is 0 Å². The molecule has 0 aliphatic carbocycles. The minimum absolute atomic E-state index is 0.130. The number of carbonyl (C=O) groups excluding carboxylic acids is 3. The van der Waals surface area contributed by atoms with Crippen LogP contribution < -0.4 is 0 Å². The number of hydrogen-bond acceptors (Lipinski definition) is 3. The van der Waals surface area contributed by atoms with Crippen LogP contribution >= 0.6 is 0 Å². The van der Waals surface area contributed by atoms with Crippen molar-refractivity contribution in [1.29, 1.82) is 0 Å². The third-order valence-electron chi connectivity index (χ3n) is 2.42. The predicted octanol–water partition coefficient (Wildman–Crippen LogP) is 2.85. The van der Waals surface area contributed by atoms with Gasteiger partial charge in [0.1, 0.15) is 17.3 Å². The Bertz CT molecular complexity index is 244. The van der Waals surface area contributed by atoms with Crippen molar-refractivity contribution < 1.29 is 14.4 Å². The second-order valence-electron chi connectivity index (χ2n) is 4.24. The molecule has 0 aromatic heterocycles. The summed E-state index contributed by atoms with van der Waals surface area (Å²) in [4.78, 5) is 33.2. The third-order valence-corrected chi connectivity index (χ3v) is 2.42. The molecule has 0 spiro atoms. The number of rotatable bonds is 10. The summed E-state index contributed by atoms with van der Waals surface area (Å²) < 4.78 is 0. The molecule has 0 saturated carbocycles. The lowest BCUT2D eigenvalue weighted by atomic mass is 10.0. The number of carbonyl (C=O) groups is 3. The highest BCUT2D eigenvalue weighted by Gasteiger charge is 2.05. The minimum atomic E-state index is 0.130. The van der Waals surface area contributed by atoms with Crippen LogP contribution in [0.15, 0.2) is 0 Å². The summed E-state index contributed by atoms with van der Waals surface area (Å²) in [5.74, 6) is 0.551. The van der Waals surface area contributed by atoms with Crippen molar-refractivity contribution in [2.24, 2.45) is 0 Å². The fourth-order valence-corrected chi connectivity index (χ4v) is 1.55. The van der Waals surface area contributed by atoms with E-state index in [0.717, 1.165) is 6.42 Å². The molecule has 0 rings (SSSR count). The Morgan fingerprint density at radius 2 is 1.19 bits per heavy atom. The Morgan fingerprint density at radius 3 is 1.62 bits per heavy atom. The molecule has 0 fully saturated rings. The van der Waals surface area contributed by atoms with E-state index in [9.17, 15) is 14.4 Å². The van der Waals surface area contributed by atoms with E-state index < -0.39 is 0 Å². The normalized spacial score (nSPS) is 10.1. The second-order valence-corrected chi connectivity index (χ2v) is 4.24. The molecule has 0 aromatic carbocycles. The zero-order chi connectivity index (χ0) is 12.4. The molecule has 0 heterocycles. The number of ketones is 3. The average molecular weight is 226 g/mol. The van der Waals surface area contributed by atoms with E-state index in [-0.39, 0.29) is 17.3 Å². The Hall–Kier alpha value is -0.990. The summed E-state index contributed by atoms with van der Waals surface area (Å²) in [7, 11) is 0. The lowest BCUT2D eigenvalue weighted by Gasteiger charge is -2.00. The summed E-state index contributed by atoms with van der Waals surface area (Å²) in [6.45, 7) is 3.51. The van der Waals surface area contributed by atoms with Crippen molar-refractivity contribution in [3.63, 3.8) is 0 Å². The van der Waals surface area contributed by atoms with Crippen LogP contribution in [0, 0.1) is 0 Å². The van der Waals surface area contributed by atoms with E-state index in [1.54, 1.807) is 0 Å². The van der Waals surface area contributed by atoms with Gasteiger partial charge in [-0.25, -0.2) is 0 Å². The molecule has 0 saturated heterocycles. The highest BCUT2D eigenvalue weighted by molar-refractivity contribution is 5.81. The fourth-order valence-electron chi connectivity index (χ4n) is 1.55. The Kier molecular flexibility index (Phi) is 8.68. The molecule has 0 radical (unpaired) electrons. The van der Waals surface area contributed by atoms with Gasteiger partial charge in [-0.15, -0.1) is 0 Å². The van der Waals surface area contributed by atoms with Gasteiger partial charge < -0.3 is 4.79 Å². The minimum Gasteiger partial charge on any atom is -0.300 e. The molecule has 0 amide bonds. The first kappa shape index (κ1) is 15.0. The molecule has 0 aliphatic rings. The van der Waals surface area contributed by atoms with Crippen LogP contribution in [-0.2, 0) is 14.4 Å². The standard InChI is InChI=1S/C13H22O3/c1-3-6-12(15)9-5-10-13(16)8-4-7-11(2)14/h3-10H2,1-2H3. The van der Waals surface area contributed by atoms with E-state index in [1.165, 1.54) is 6.92 Å². The molecule has 3 heteroatoms. The van der Waals surface area contributed by atoms with E-state index in [0.29, 0.717) is 44.9 Å². The lowest BCUT2D eigenvalue weighted by molar-refractivity contribution is -0.120. The molecule has 3 nitrogen and oxygen atoms in total. The first-order chi connectivity index (χ1) is 7.56. The van der Waals surface area contributed by atoms with Crippen molar-refractivity contribution in [3.8, 4) is 0 Å². The molecular formula is C13H22O3. The van der Waals surface area contributed by atoms with Gasteiger partial charge >= 0.3 is 0 Å². The predicted molar refractivity (Wildman–Crippen MR) is 63.3 cm³/mol. The summed E-state index contributed by atoms with van der Waals surface area (Å²) in [6.07, 6.45) is 4.78. The molecule has 0 bridgehead atoms. The zero-order valence-electron chi connectivity index (χ0n) is 10.4. The summed E-state index contributed by atoms with van der Waals surface area (Å²) in [6, 6.07) is 0. The molecule has 0 atom stereocenters. The van der Waals surface area contributed by atoms with Crippen molar-refractivity contribution in [3.05, 3.63) is 0 Å². The van der Waals surface area contributed by atoms with E-state index in [2.05, 4.69) is 0 Å². The average Bonchev–Trinajstić information content (AvgIpc) is 2.17. The van der Waals surface area contributed by atoms with Crippen molar-refractivity contribution in [1.82, 2.24) is 0 Å². The maximum atomic E-state index is 11.3. The molecule has 0 unspecified atom stereocenters. The Labute approximate surface area is 97.6 Å². The maximum absolute atomic E-state index is 11.3. The first-order valence-corrected chi connectivity index (χ1v) is 6.09. The molecule has 0 N–H and O–H groups in total. The number of hydrogen-bond donors (Lipinski definition) is 0. The summed E-state index contributed by atoms with van der Waals surface area (Å²) in [5, 5.41) is 0. The van der Waals surface area contributed by atoms with Crippen molar-refractivity contribution in [2.75, 3.05) is 0 Å². The molecule has 0 aromatic rings. The number of Topliss-reactive ketones (excluding diaryl/α,β-unsaturated/α-hetero) is 3. The molecule has 16 heavy (non-hydrogen) atoms. The van der Waals surface area contributed by atoms with Gasteiger partial charge in [-0.3, -0.25) is 9.59 Å². The second kappa shape index (κ2) is 9.25. The van der Waals surface area contributed by atoms with Crippen LogP contribution in [0.4, 0.5) is 0 Å². The zero-order valence-corrected chi connectivity index (χ0v) is 10.4. The van der Waals surface area contributed by atoms with E-state index in [4.69, 9.17) is 0 Å². The van der Waals surface area contributed by atoms with Gasteiger partial charge in [-0.2, -0.15) is 0 Å². The van der Waals surface area contributed by atoms with Gasteiger partial charge in [0.2, 0.25) is 0 Å². The van der Waals surface area contributed by atoms with Crippen LogP contribution in [0.3, 0.4) is 0 Å². The summed E-state index contributed by atoms with van der Waals surface area (Å²) >= 11 is 0. The smallest absolute Gasteiger partial charge is 0.132 e. The van der Waals surface area contributed by atoms with Crippen LogP contribution in [0.2, 0.25) is 0 Å². The third kappa shape index (κ3) is 9.56. The van der Waals surface area contributed by atoms with Gasteiger partial charge in [-0.05, 0) is 26.2 Å². The Morgan fingerprint density at radius 1 is 0.750 bits per heavy atom. The molecule has 0 aliphatic heterocycles. The lowest BCUT2D eigenvalue weighted by Crippen LogP contribution is -2.02. The SMILES string of the molecule is CCCC(=O)CCCC(=O)CCCC(C)=O. The topological polar surface area (TPSA) is 51.2 Å². The fraction of sp³-hybridized carbons (Fsp3) is 0.769. The van der Waals surface area contributed by atoms with Gasteiger partial charge in [0.15, 0.2) is 0 Å². The van der Waals surface area contributed by atoms with Gasteiger partial charge in [0, 0.05) is 32.1 Å². The van der Waals surface area contributed by atoms with Crippen LogP contribution in [0.1, 0.15) is 65.2 Å². The largest absolute Gasteiger partial charge is 0.300 e. The van der Waals surface area contributed by atoms with Gasteiger partial charge in [0.25, 0.3) is 0 Å². The van der Waals surface area contributed by atoms with Crippen molar-refractivity contribution in [2.45, 2.75) is 65.2 Å². The first-order valence-electron chi connectivity index (χ1n) is 6.09. The van der Waals surface area contributed by atoms with Crippen molar-refractivity contribution >= 4 is 17.3 Å². The van der Waals surface area contributed by atoms with Gasteiger partial charge in [-0.1, -0.05) is 6.92 Å².